The summed E-state index contributed by atoms with van der Waals surface area (Å²) < 4.78 is 10.3. The zero-order chi connectivity index (χ0) is 20.8. The topological polar surface area (TPSA) is 110 Å². The summed E-state index contributed by atoms with van der Waals surface area (Å²) in [5, 5.41) is 2.72. The average Bonchev–Trinajstić information content (AvgIpc) is 2.73. The zero-order valence-corrected chi connectivity index (χ0v) is 16.1. The molecule has 0 spiro atoms. The summed E-state index contributed by atoms with van der Waals surface area (Å²) in [7, 11) is 1.40. The summed E-state index contributed by atoms with van der Waals surface area (Å²) in [5.74, 6) is -1.27. The second-order valence-corrected chi connectivity index (χ2v) is 6.32. The van der Waals surface area contributed by atoms with Crippen molar-refractivity contribution in [2.75, 3.05) is 7.11 Å². The fourth-order valence-electron chi connectivity index (χ4n) is 2.63. The number of benzene rings is 2. The van der Waals surface area contributed by atoms with Crippen LogP contribution in [0.2, 0.25) is 0 Å². The Bertz CT molecular complexity index is 1110. The number of ether oxygens (including phenoxy) is 1. The first-order valence-electron chi connectivity index (χ1n) is 8.51. The van der Waals surface area contributed by atoms with Crippen LogP contribution in [0.25, 0.3) is 11.0 Å². The van der Waals surface area contributed by atoms with Crippen molar-refractivity contribution in [3.8, 4) is 0 Å². The van der Waals surface area contributed by atoms with Gasteiger partial charge in [-0.05, 0) is 29.9 Å². The number of hydrazine groups is 1. The van der Waals surface area contributed by atoms with Crippen LogP contribution in [0.1, 0.15) is 22.0 Å². The molecule has 8 nitrogen and oxygen atoms in total. The van der Waals surface area contributed by atoms with Gasteiger partial charge in [0.05, 0.1) is 0 Å². The van der Waals surface area contributed by atoms with Crippen molar-refractivity contribution in [3.05, 3.63) is 82.2 Å². The molecule has 9 heteroatoms. The molecule has 1 aromatic heterocycles. The maximum absolute atomic E-state index is 12.3. The first-order valence-corrected chi connectivity index (χ1v) is 8.92. The van der Waals surface area contributed by atoms with Gasteiger partial charge in [-0.3, -0.25) is 25.8 Å². The third-order valence-electron chi connectivity index (χ3n) is 3.99. The number of para-hydroxylation sites is 1. The standard InChI is InChI=1S/C20H17N3O5S/c1-27-16(12-7-3-2-4-8-12)18(25)22-23-20(29)21-17(24)14-11-13-9-5-6-10-15(13)28-19(14)26/h2-11,16H,1H3,(H,22,25)(H2,21,23,24,29)/t16-/m1/s1. The molecule has 0 saturated carbocycles. The Balaban J connectivity index is 1.62. The van der Waals surface area contributed by atoms with Crippen molar-refractivity contribution in [2.24, 2.45) is 0 Å². The highest BCUT2D eigenvalue weighted by molar-refractivity contribution is 7.80. The van der Waals surface area contributed by atoms with Gasteiger partial charge in [0.15, 0.2) is 11.2 Å². The molecular weight excluding hydrogens is 394 g/mol. The van der Waals surface area contributed by atoms with Gasteiger partial charge >= 0.3 is 5.63 Å². The van der Waals surface area contributed by atoms with Crippen molar-refractivity contribution in [2.45, 2.75) is 6.10 Å². The Hall–Kier alpha value is -3.56. The lowest BCUT2D eigenvalue weighted by atomic mass is 10.1. The number of fused-ring (bicyclic) bond motifs is 1. The molecule has 0 bridgehead atoms. The summed E-state index contributed by atoms with van der Waals surface area (Å²) in [4.78, 5) is 36.7. The highest BCUT2D eigenvalue weighted by atomic mass is 32.1. The molecule has 0 radical (unpaired) electrons. The van der Waals surface area contributed by atoms with Gasteiger partial charge in [-0.25, -0.2) is 4.79 Å². The van der Waals surface area contributed by atoms with Crippen molar-refractivity contribution < 1.29 is 18.7 Å². The van der Waals surface area contributed by atoms with Crippen molar-refractivity contribution in [1.29, 1.82) is 0 Å². The molecule has 2 amide bonds. The molecule has 2 aromatic carbocycles. The van der Waals surface area contributed by atoms with Gasteiger partial charge in [0, 0.05) is 12.5 Å². The van der Waals surface area contributed by atoms with Gasteiger partial charge in [-0.15, -0.1) is 0 Å². The minimum atomic E-state index is -0.866. The predicted molar refractivity (Wildman–Crippen MR) is 110 cm³/mol. The molecule has 0 aliphatic heterocycles. The van der Waals surface area contributed by atoms with Crippen LogP contribution < -0.4 is 21.8 Å². The van der Waals surface area contributed by atoms with Crippen LogP contribution in [0.3, 0.4) is 0 Å². The molecule has 0 aliphatic carbocycles. The largest absolute Gasteiger partial charge is 0.422 e. The van der Waals surface area contributed by atoms with E-state index >= 15 is 0 Å². The summed E-state index contributed by atoms with van der Waals surface area (Å²) >= 11 is 5.00. The summed E-state index contributed by atoms with van der Waals surface area (Å²) in [5.41, 5.74) is 4.79. The van der Waals surface area contributed by atoms with Crippen LogP contribution in [-0.4, -0.2) is 24.0 Å². The number of thiocarbonyl (C=S) groups is 1. The van der Waals surface area contributed by atoms with Crippen LogP contribution in [0.15, 0.2) is 69.9 Å². The molecule has 1 heterocycles. The Labute approximate surface area is 170 Å². The highest BCUT2D eigenvalue weighted by Gasteiger charge is 2.20. The molecule has 1 atom stereocenters. The van der Waals surface area contributed by atoms with E-state index in [-0.39, 0.29) is 10.7 Å². The average molecular weight is 411 g/mol. The van der Waals surface area contributed by atoms with Crippen LogP contribution in [0.4, 0.5) is 0 Å². The highest BCUT2D eigenvalue weighted by Crippen LogP contribution is 2.15. The minimum absolute atomic E-state index is 0.196. The molecule has 3 rings (SSSR count). The molecule has 0 unspecified atom stereocenters. The number of methoxy groups -OCH3 is 1. The lowest BCUT2D eigenvalue weighted by molar-refractivity contribution is -0.132. The van der Waals surface area contributed by atoms with Crippen molar-refractivity contribution in [3.63, 3.8) is 0 Å². The third-order valence-corrected chi connectivity index (χ3v) is 4.19. The van der Waals surface area contributed by atoms with Gasteiger partial charge in [-0.2, -0.15) is 0 Å². The van der Waals surface area contributed by atoms with Gasteiger partial charge in [0.25, 0.3) is 11.8 Å². The van der Waals surface area contributed by atoms with Crippen molar-refractivity contribution in [1.82, 2.24) is 16.2 Å². The van der Waals surface area contributed by atoms with E-state index in [9.17, 15) is 14.4 Å². The number of amides is 2. The van der Waals surface area contributed by atoms with E-state index in [1.807, 2.05) is 6.07 Å². The molecule has 0 aliphatic rings. The number of hydrogen-bond donors (Lipinski definition) is 3. The van der Waals surface area contributed by atoms with E-state index in [0.29, 0.717) is 16.5 Å². The van der Waals surface area contributed by atoms with Crippen LogP contribution in [0, 0.1) is 0 Å². The summed E-state index contributed by atoms with van der Waals surface area (Å²) in [6, 6.07) is 17.1. The van der Waals surface area contributed by atoms with Crippen LogP contribution in [0.5, 0.6) is 0 Å². The molecule has 0 saturated heterocycles. The van der Waals surface area contributed by atoms with Crippen LogP contribution >= 0.6 is 12.2 Å². The van der Waals surface area contributed by atoms with Gasteiger partial charge in [-0.1, -0.05) is 48.5 Å². The number of rotatable bonds is 4. The fraction of sp³-hybridized carbons (Fsp3) is 0.100. The predicted octanol–water partition coefficient (Wildman–Crippen LogP) is 1.82. The molecule has 0 fully saturated rings. The lowest BCUT2D eigenvalue weighted by Gasteiger charge is -2.17. The normalized spacial score (nSPS) is 11.5. The monoisotopic (exact) mass is 411 g/mol. The number of hydrogen-bond acceptors (Lipinski definition) is 6. The Morgan fingerprint density at radius 3 is 2.45 bits per heavy atom. The first-order chi connectivity index (χ1) is 14.0. The number of nitrogens with one attached hydrogen (secondary N) is 3. The third kappa shape index (κ3) is 4.84. The number of carbonyl (C=O) groups is 2. The fourth-order valence-corrected chi connectivity index (χ4v) is 2.77. The Kier molecular flexibility index (Phi) is 6.32. The molecule has 3 aromatic rings. The van der Waals surface area contributed by atoms with Gasteiger partial charge in [0.1, 0.15) is 11.1 Å². The SMILES string of the molecule is CO[C@@H](C(=O)NNC(=S)NC(=O)c1cc2ccccc2oc1=O)c1ccccc1. The first kappa shape index (κ1) is 20.2. The van der Waals surface area contributed by atoms with Crippen LogP contribution in [-0.2, 0) is 9.53 Å². The van der Waals surface area contributed by atoms with E-state index in [1.54, 1.807) is 48.5 Å². The molecular formula is C20H17N3O5S. The van der Waals surface area contributed by atoms with E-state index in [4.69, 9.17) is 21.4 Å². The minimum Gasteiger partial charge on any atom is -0.422 e. The van der Waals surface area contributed by atoms with Crippen molar-refractivity contribution >= 4 is 40.1 Å². The van der Waals surface area contributed by atoms with E-state index in [1.165, 1.54) is 13.2 Å². The maximum atomic E-state index is 12.3. The second-order valence-electron chi connectivity index (χ2n) is 5.91. The maximum Gasteiger partial charge on any atom is 0.349 e. The van der Waals surface area contributed by atoms with E-state index < -0.39 is 23.5 Å². The van der Waals surface area contributed by atoms with E-state index in [0.717, 1.165) is 0 Å². The summed E-state index contributed by atoms with van der Waals surface area (Å²) in [6.07, 6.45) is -0.866. The smallest absolute Gasteiger partial charge is 0.349 e. The Morgan fingerprint density at radius 2 is 1.72 bits per heavy atom. The Morgan fingerprint density at radius 1 is 1.03 bits per heavy atom. The van der Waals surface area contributed by atoms with E-state index in [2.05, 4.69) is 16.2 Å². The van der Waals surface area contributed by atoms with Gasteiger partial charge in [0.2, 0.25) is 0 Å². The number of carbonyl (C=O) groups excluding carboxylic acids is 2. The lowest BCUT2D eigenvalue weighted by Crippen LogP contribution is -2.50. The summed E-state index contributed by atoms with van der Waals surface area (Å²) in [6.45, 7) is 0. The second kappa shape index (κ2) is 9.09. The zero-order valence-electron chi connectivity index (χ0n) is 15.3. The van der Waals surface area contributed by atoms with Gasteiger partial charge < -0.3 is 9.15 Å². The quantitative estimate of drug-likeness (QED) is 0.341. The molecule has 148 valence electrons. The molecule has 29 heavy (non-hydrogen) atoms. The molecule has 3 N–H and O–H groups in total.